The van der Waals surface area contributed by atoms with E-state index in [0.29, 0.717) is 22.9 Å². The van der Waals surface area contributed by atoms with Gasteiger partial charge in [-0.15, -0.1) is 0 Å². The van der Waals surface area contributed by atoms with Gasteiger partial charge in [0.1, 0.15) is 5.82 Å². The molecule has 1 N–H and O–H groups in total. The lowest BCUT2D eigenvalue weighted by atomic mass is 10.1. The summed E-state index contributed by atoms with van der Waals surface area (Å²) in [5.74, 6) is 0.597. The van der Waals surface area contributed by atoms with Crippen LogP contribution in [0.15, 0.2) is 55.2 Å². The molecular weight excluding hydrogens is 386 g/mol. The fourth-order valence-corrected chi connectivity index (χ4v) is 3.81. The third-order valence-electron chi connectivity index (χ3n) is 5.11. The Morgan fingerprint density at radius 3 is 2.72 bits per heavy atom. The van der Waals surface area contributed by atoms with Crippen molar-refractivity contribution in [2.45, 2.75) is 32.4 Å². The monoisotopic (exact) mass is 409 g/mol. The minimum absolute atomic E-state index is 0.0119. The van der Waals surface area contributed by atoms with Gasteiger partial charge in [-0.1, -0.05) is 35.9 Å². The zero-order valence-corrected chi connectivity index (χ0v) is 17.0. The number of anilines is 1. The Balaban J connectivity index is 1.39. The highest BCUT2D eigenvalue weighted by molar-refractivity contribution is 6.33. The van der Waals surface area contributed by atoms with Crippen LogP contribution >= 0.6 is 11.6 Å². The summed E-state index contributed by atoms with van der Waals surface area (Å²) in [6, 6.07) is 10.1. The number of amides is 1. The van der Waals surface area contributed by atoms with Crippen LogP contribution in [0.3, 0.4) is 0 Å². The van der Waals surface area contributed by atoms with Crippen molar-refractivity contribution in [1.29, 1.82) is 0 Å². The minimum atomic E-state index is 0.0119. The van der Waals surface area contributed by atoms with Crippen molar-refractivity contribution >= 4 is 23.3 Å². The molecule has 6 nitrogen and oxygen atoms in total. The Morgan fingerprint density at radius 2 is 1.97 bits per heavy atom. The van der Waals surface area contributed by atoms with Gasteiger partial charge in [0, 0.05) is 44.8 Å². The molecule has 7 heteroatoms. The first kappa shape index (κ1) is 19.5. The molecule has 1 aliphatic heterocycles. The molecule has 0 bridgehead atoms. The Morgan fingerprint density at radius 1 is 1.14 bits per heavy atom. The van der Waals surface area contributed by atoms with Crippen LogP contribution in [-0.2, 0) is 13.1 Å². The number of likely N-dealkylation sites (tertiary alicyclic amines) is 1. The third-order valence-corrected chi connectivity index (χ3v) is 5.40. The first-order valence-electron chi connectivity index (χ1n) is 9.91. The van der Waals surface area contributed by atoms with E-state index in [-0.39, 0.29) is 5.91 Å². The molecular formula is C22H24ClN5O. The number of hydrogen-bond donors (Lipinski definition) is 1. The van der Waals surface area contributed by atoms with Gasteiger partial charge >= 0.3 is 0 Å². The van der Waals surface area contributed by atoms with Crippen LogP contribution in [0.5, 0.6) is 0 Å². The van der Waals surface area contributed by atoms with E-state index in [4.69, 9.17) is 11.6 Å². The summed E-state index contributed by atoms with van der Waals surface area (Å²) in [6.45, 7) is 3.00. The number of carbonyl (C=O) groups excluding carboxylic acids is 1. The smallest absolute Gasteiger partial charge is 0.255 e. The van der Waals surface area contributed by atoms with Crippen LogP contribution in [0.1, 0.15) is 40.7 Å². The second-order valence-electron chi connectivity index (χ2n) is 7.32. The normalized spacial score (nSPS) is 14.0. The maximum atomic E-state index is 12.6. The number of pyridine rings is 1. The molecule has 0 unspecified atom stereocenters. The van der Waals surface area contributed by atoms with Gasteiger partial charge in [-0.2, -0.15) is 0 Å². The highest BCUT2D eigenvalue weighted by Gasteiger charge is 2.19. The summed E-state index contributed by atoms with van der Waals surface area (Å²) in [4.78, 5) is 23.0. The van der Waals surface area contributed by atoms with Crippen LogP contribution in [0, 0.1) is 0 Å². The number of rotatable bonds is 6. The molecule has 1 amide bonds. The number of imidazole rings is 1. The van der Waals surface area contributed by atoms with E-state index in [9.17, 15) is 4.79 Å². The van der Waals surface area contributed by atoms with Crippen molar-refractivity contribution in [3.63, 3.8) is 0 Å². The Bertz CT molecular complexity index is 967. The van der Waals surface area contributed by atoms with Gasteiger partial charge in [-0.05, 0) is 36.5 Å². The molecule has 0 atom stereocenters. The van der Waals surface area contributed by atoms with Gasteiger partial charge in [0.2, 0.25) is 0 Å². The predicted octanol–water partition coefficient (Wildman–Crippen LogP) is 4.22. The number of aromatic nitrogens is 3. The lowest BCUT2D eigenvalue weighted by Gasteiger charge is -2.26. The molecule has 150 valence electrons. The van der Waals surface area contributed by atoms with Crippen molar-refractivity contribution in [3.8, 4) is 0 Å². The quantitative estimate of drug-likeness (QED) is 0.662. The SMILES string of the molecule is O=C(c1cnc(NCc2cccc(Cn3ccnc3)c2)c(Cl)c1)N1CCCCC1. The molecule has 1 aliphatic rings. The summed E-state index contributed by atoms with van der Waals surface area (Å²) in [5.41, 5.74) is 2.88. The van der Waals surface area contributed by atoms with E-state index >= 15 is 0 Å². The summed E-state index contributed by atoms with van der Waals surface area (Å²) >= 11 is 6.40. The fraction of sp³-hybridized carbons (Fsp3) is 0.318. The predicted molar refractivity (Wildman–Crippen MR) is 114 cm³/mol. The lowest BCUT2D eigenvalue weighted by molar-refractivity contribution is 0.0724. The Kier molecular flexibility index (Phi) is 6.10. The summed E-state index contributed by atoms with van der Waals surface area (Å²) in [7, 11) is 0. The summed E-state index contributed by atoms with van der Waals surface area (Å²) in [6.07, 6.45) is 10.5. The first-order chi connectivity index (χ1) is 14.2. The molecule has 0 aliphatic carbocycles. The number of piperidine rings is 1. The highest BCUT2D eigenvalue weighted by atomic mass is 35.5. The topological polar surface area (TPSA) is 63.1 Å². The molecule has 0 radical (unpaired) electrons. The zero-order chi connectivity index (χ0) is 20.1. The molecule has 1 saturated heterocycles. The molecule has 3 heterocycles. The van der Waals surface area contributed by atoms with Crippen molar-refractivity contribution < 1.29 is 4.79 Å². The number of nitrogens with one attached hydrogen (secondary N) is 1. The number of nitrogens with zero attached hydrogens (tertiary/aromatic N) is 4. The largest absolute Gasteiger partial charge is 0.365 e. The minimum Gasteiger partial charge on any atom is -0.365 e. The summed E-state index contributed by atoms with van der Waals surface area (Å²) < 4.78 is 2.03. The van der Waals surface area contributed by atoms with Crippen LogP contribution in [0.25, 0.3) is 0 Å². The van der Waals surface area contributed by atoms with E-state index in [0.717, 1.165) is 38.0 Å². The number of hydrogen-bond acceptors (Lipinski definition) is 4. The maximum absolute atomic E-state index is 12.6. The van der Waals surface area contributed by atoms with Gasteiger partial charge in [0.15, 0.2) is 0 Å². The second kappa shape index (κ2) is 9.09. The van der Waals surface area contributed by atoms with Crippen LogP contribution < -0.4 is 5.32 Å². The van der Waals surface area contributed by atoms with E-state index in [1.165, 1.54) is 12.0 Å². The summed E-state index contributed by atoms with van der Waals surface area (Å²) in [5, 5.41) is 3.73. The van der Waals surface area contributed by atoms with Crippen molar-refractivity contribution in [2.75, 3.05) is 18.4 Å². The van der Waals surface area contributed by atoms with Crippen LogP contribution in [0.4, 0.5) is 5.82 Å². The first-order valence-corrected chi connectivity index (χ1v) is 10.3. The molecule has 3 aromatic rings. The maximum Gasteiger partial charge on any atom is 0.255 e. The van der Waals surface area contributed by atoms with E-state index < -0.39 is 0 Å². The van der Waals surface area contributed by atoms with Crippen molar-refractivity contribution in [1.82, 2.24) is 19.4 Å². The average molecular weight is 410 g/mol. The van der Waals surface area contributed by atoms with Gasteiger partial charge in [0.25, 0.3) is 5.91 Å². The molecule has 0 saturated carbocycles. The van der Waals surface area contributed by atoms with Crippen molar-refractivity contribution in [2.24, 2.45) is 0 Å². The second-order valence-corrected chi connectivity index (χ2v) is 7.72. The lowest BCUT2D eigenvalue weighted by Crippen LogP contribution is -2.35. The number of carbonyl (C=O) groups is 1. The third kappa shape index (κ3) is 4.95. The standard InChI is InChI=1S/C22H24ClN5O/c23-20-12-19(22(29)28-8-2-1-3-9-28)14-26-21(20)25-13-17-5-4-6-18(11-17)15-27-10-7-24-16-27/h4-7,10-12,14,16H,1-3,8-9,13,15H2,(H,25,26). The molecule has 2 aromatic heterocycles. The van der Waals surface area contributed by atoms with Gasteiger partial charge in [-0.3, -0.25) is 4.79 Å². The fourth-order valence-electron chi connectivity index (χ4n) is 3.58. The average Bonchev–Trinajstić information content (AvgIpc) is 3.26. The van der Waals surface area contributed by atoms with E-state index in [2.05, 4.69) is 33.5 Å². The molecule has 1 aromatic carbocycles. The molecule has 29 heavy (non-hydrogen) atoms. The van der Waals surface area contributed by atoms with Gasteiger partial charge < -0.3 is 14.8 Å². The Hall–Kier alpha value is -2.86. The van der Waals surface area contributed by atoms with Crippen LogP contribution in [0.2, 0.25) is 5.02 Å². The van der Waals surface area contributed by atoms with E-state index in [1.807, 2.05) is 21.7 Å². The van der Waals surface area contributed by atoms with Crippen molar-refractivity contribution in [3.05, 3.63) is 77.0 Å². The Labute approximate surface area is 175 Å². The number of halogens is 1. The van der Waals surface area contributed by atoms with E-state index in [1.54, 1.807) is 24.8 Å². The van der Waals surface area contributed by atoms with Crippen LogP contribution in [-0.4, -0.2) is 38.4 Å². The molecule has 4 rings (SSSR count). The number of benzene rings is 1. The molecule has 1 fully saturated rings. The highest BCUT2D eigenvalue weighted by Crippen LogP contribution is 2.23. The zero-order valence-electron chi connectivity index (χ0n) is 16.2. The van der Waals surface area contributed by atoms with Gasteiger partial charge in [0.05, 0.1) is 16.9 Å². The molecule has 0 spiro atoms. The van der Waals surface area contributed by atoms with Gasteiger partial charge in [-0.25, -0.2) is 9.97 Å².